The smallest absolute Gasteiger partial charge is 0.0404 e. The van der Waals surface area contributed by atoms with Gasteiger partial charge in [0.25, 0.3) is 0 Å². The topological polar surface area (TPSA) is 38.4 Å². The second-order valence-corrected chi connectivity index (χ2v) is 3.31. The van der Waals surface area contributed by atoms with Crippen LogP contribution in [-0.2, 0) is 0 Å². The van der Waals surface area contributed by atoms with Gasteiger partial charge in [-0.3, -0.25) is 0 Å². The molecular formula is C9H18N2. The van der Waals surface area contributed by atoms with E-state index in [1.54, 1.807) is 0 Å². The first kappa shape index (κ1) is 8.57. The van der Waals surface area contributed by atoms with Crippen LogP contribution in [0, 0.1) is 5.92 Å². The highest BCUT2D eigenvalue weighted by molar-refractivity contribution is 5.86. The largest absolute Gasteiger partial charge is 0.323 e. The molecule has 0 aliphatic heterocycles. The summed E-state index contributed by atoms with van der Waals surface area (Å²) in [6, 6.07) is 0. The quantitative estimate of drug-likeness (QED) is 0.370. The minimum atomic E-state index is 0.707. The molecule has 1 rings (SSSR count). The molecule has 0 saturated heterocycles. The van der Waals surface area contributed by atoms with E-state index in [4.69, 9.17) is 5.84 Å². The van der Waals surface area contributed by atoms with Crippen LogP contribution in [0.25, 0.3) is 0 Å². The summed E-state index contributed by atoms with van der Waals surface area (Å²) in [5, 5.41) is 3.85. The first-order valence-corrected chi connectivity index (χ1v) is 4.65. The molecule has 0 atom stereocenters. The Morgan fingerprint density at radius 3 is 2.45 bits per heavy atom. The summed E-state index contributed by atoms with van der Waals surface area (Å²) < 4.78 is 0. The molecule has 1 aliphatic carbocycles. The zero-order valence-corrected chi connectivity index (χ0v) is 7.34. The maximum Gasteiger partial charge on any atom is 0.0404 e. The molecule has 0 aromatic heterocycles. The van der Waals surface area contributed by atoms with E-state index in [2.05, 4.69) is 12.0 Å². The van der Waals surface area contributed by atoms with Gasteiger partial charge in [0.15, 0.2) is 0 Å². The molecule has 0 amide bonds. The normalized spacial score (nSPS) is 22.1. The van der Waals surface area contributed by atoms with Crippen LogP contribution < -0.4 is 5.84 Å². The van der Waals surface area contributed by atoms with E-state index in [1.165, 1.54) is 37.8 Å². The Morgan fingerprint density at radius 1 is 1.36 bits per heavy atom. The highest BCUT2D eigenvalue weighted by Crippen LogP contribution is 2.25. The van der Waals surface area contributed by atoms with Crippen LogP contribution in [0.5, 0.6) is 0 Å². The molecule has 0 heterocycles. The highest BCUT2D eigenvalue weighted by Gasteiger charge is 2.17. The van der Waals surface area contributed by atoms with Gasteiger partial charge in [0.1, 0.15) is 0 Å². The molecule has 1 aliphatic rings. The number of hydrogen-bond donors (Lipinski definition) is 1. The van der Waals surface area contributed by atoms with Gasteiger partial charge in [0.2, 0.25) is 0 Å². The fraction of sp³-hybridized carbons (Fsp3) is 0.889. The van der Waals surface area contributed by atoms with Crippen molar-refractivity contribution in [1.29, 1.82) is 0 Å². The lowest BCUT2D eigenvalue weighted by Gasteiger charge is -2.21. The van der Waals surface area contributed by atoms with E-state index in [1.807, 2.05) is 0 Å². The lowest BCUT2D eigenvalue weighted by Crippen LogP contribution is -2.18. The third-order valence-electron chi connectivity index (χ3n) is 2.60. The van der Waals surface area contributed by atoms with E-state index in [-0.39, 0.29) is 0 Å². The second-order valence-electron chi connectivity index (χ2n) is 3.31. The maximum atomic E-state index is 5.30. The van der Waals surface area contributed by atoms with Crippen molar-refractivity contribution in [2.75, 3.05) is 0 Å². The minimum absolute atomic E-state index is 0.707. The first-order chi connectivity index (χ1) is 5.38. The lowest BCUT2D eigenvalue weighted by atomic mass is 9.85. The number of rotatable bonds is 2. The van der Waals surface area contributed by atoms with Crippen molar-refractivity contribution in [3.8, 4) is 0 Å². The Kier molecular flexibility index (Phi) is 3.40. The molecule has 0 aromatic rings. The SMILES string of the molecule is CC/C(=N\N)C1CCCCC1. The highest BCUT2D eigenvalue weighted by atomic mass is 15.1. The van der Waals surface area contributed by atoms with Crippen molar-refractivity contribution in [2.24, 2.45) is 16.9 Å². The summed E-state index contributed by atoms with van der Waals surface area (Å²) in [7, 11) is 0. The first-order valence-electron chi connectivity index (χ1n) is 4.65. The number of nitrogens with zero attached hydrogens (tertiary/aromatic N) is 1. The van der Waals surface area contributed by atoms with Crippen molar-refractivity contribution in [1.82, 2.24) is 0 Å². The van der Waals surface area contributed by atoms with Crippen LogP contribution in [0.3, 0.4) is 0 Å². The molecule has 1 fully saturated rings. The number of nitrogens with two attached hydrogens (primary N) is 1. The number of hydrazone groups is 1. The molecule has 0 spiro atoms. The van der Waals surface area contributed by atoms with Crippen LogP contribution in [0.15, 0.2) is 5.10 Å². The van der Waals surface area contributed by atoms with Crippen LogP contribution >= 0.6 is 0 Å². The van der Waals surface area contributed by atoms with E-state index >= 15 is 0 Å². The molecule has 64 valence electrons. The molecule has 1 saturated carbocycles. The molecule has 2 N–H and O–H groups in total. The van der Waals surface area contributed by atoms with Gasteiger partial charge in [-0.2, -0.15) is 5.10 Å². The second kappa shape index (κ2) is 4.37. The van der Waals surface area contributed by atoms with Gasteiger partial charge in [-0.1, -0.05) is 26.2 Å². The Morgan fingerprint density at radius 2 is 2.00 bits per heavy atom. The molecule has 2 nitrogen and oxygen atoms in total. The minimum Gasteiger partial charge on any atom is -0.323 e. The average Bonchev–Trinajstić information content (AvgIpc) is 2.09. The van der Waals surface area contributed by atoms with E-state index in [0.717, 1.165) is 6.42 Å². The zero-order valence-electron chi connectivity index (χ0n) is 7.34. The Labute approximate surface area is 68.9 Å². The lowest BCUT2D eigenvalue weighted by molar-refractivity contribution is 0.435. The summed E-state index contributed by atoms with van der Waals surface area (Å²) in [5.74, 6) is 6.01. The fourth-order valence-corrected chi connectivity index (χ4v) is 1.92. The molecule has 0 radical (unpaired) electrons. The van der Waals surface area contributed by atoms with E-state index in [9.17, 15) is 0 Å². The molecular weight excluding hydrogens is 136 g/mol. The van der Waals surface area contributed by atoms with Gasteiger partial charge in [-0.25, -0.2) is 0 Å². The van der Waals surface area contributed by atoms with Gasteiger partial charge in [0.05, 0.1) is 0 Å². The molecule has 2 heteroatoms. The average molecular weight is 154 g/mol. The third kappa shape index (κ3) is 2.21. The molecule has 11 heavy (non-hydrogen) atoms. The van der Waals surface area contributed by atoms with Gasteiger partial charge in [-0.15, -0.1) is 0 Å². The van der Waals surface area contributed by atoms with Gasteiger partial charge < -0.3 is 5.84 Å². The van der Waals surface area contributed by atoms with Crippen molar-refractivity contribution in [2.45, 2.75) is 45.4 Å². The van der Waals surface area contributed by atoms with Crippen LogP contribution in [0.2, 0.25) is 0 Å². The van der Waals surface area contributed by atoms with Crippen molar-refractivity contribution in [3.05, 3.63) is 0 Å². The Bertz CT molecular complexity index is 134. The van der Waals surface area contributed by atoms with Crippen LogP contribution in [-0.4, -0.2) is 5.71 Å². The predicted molar refractivity (Wildman–Crippen MR) is 48.5 cm³/mol. The Balaban J connectivity index is 2.43. The molecule has 0 bridgehead atoms. The molecule has 0 unspecified atom stereocenters. The maximum absolute atomic E-state index is 5.30. The Hall–Kier alpha value is -0.530. The van der Waals surface area contributed by atoms with E-state index < -0.39 is 0 Å². The third-order valence-corrected chi connectivity index (χ3v) is 2.60. The zero-order chi connectivity index (χ0) is 8.10. The summed E-state index contributed by atoms with van der Waals surface area (Å²) in [4.78, 5) is 0. The van der Waals surface area contributed by atoms with Crippen molar-refractivity contribution >= 4 is 5.71 Å². The van der Waals surface area contributed by atoms with Gasteiger partial charge in [0, 0.05) is 5.71 Å². The van der Waals surface area contributed by atoms with Crippen LogP contribution in [0.4, 0.5) is 0 Å². The van der Waals surface area contributed by atoms with E-state index in [0.29, 0.717) is 5.92 Å². The monoisotopic (exact) mass is 154 g/mol. The summed E-state index contributed by atoms with van der Waals surface area (Å²) in [6.07, 6.45) is 7.78. The predicted octanol–water partition coefficient (Wildman–Crippen LogP) is 2.29. The van der Waals surface area contributed by atoms with Crippen molar-refractivity contribution in [3.63, 3.8) is 0 Å². The molecule has 0 aromatic carbocycles. The van der Waals surface area contributed by atoms with Gasteiger partial charge in [-0.05, 0) is 25.2 Å². The standard InChI is InChI=1S/C9H18N2/c1-2-9(11-10)8-6-4-3-5-7-8/h8H,2-7,10H2,1H3/b11-9+. The summed E-state index contributed by atoms with van der Waals surface area (Å²) in [5.41, 5.74) is 1.23. The summed E-state index contributed by atoms with van der Waals surface area (Å²) >= 11 is 0. The number of hydrogen-bond acceptors (Lipinski definition) is 2. The van der Waals surface area contributed by atoms with Gasteiger partial charge >= 0.3 is 0 Å². The van der Waals surface area contributed by atoms with Crippen LogP contribution in [0.1, 0.15) is 45.4 Å². The summed E-state index contributed by atoms with van der Waals surface area (Å²) in [6.45, 7) is 2.14. The van der Waals surface area contributed by atoms with Crippen molar-refractivity contribution < 1.29 is 0 Å². The fourth-order valence-electron chi connectivity index (χ4n) is 1.92.